The third-order valence-corrected chi connectivity index (χ3v) is 4.61. The average molecular weight is 276 g/mol. The van der Waals surface area contributed by atoms with Gasteiger partial charge in [-0.25, -0.2) is 0 Å². The molecule has 4 heteroatoms. The van der Waals surface area contributed by atoms with Gasteiger partial charge in [-0.15, -0.1) is 0 Å². The monoisotopic (exact) mass is 276 g/mol. The summed E-state index contributed by atoms with van der Waals surface area (Å²) in [5, 5.41) is 9.80. The molecule has 0 radical (unpaired) electrons. The summed E-state index contributed by atoms with van der Waals surface area (Å²) in [6, 6.07) is 9.10. The van der Waals surface area contributed by atoms with Gasteiger partial charge in [-0.05, 0) is 43.4 Å². The molecule has 3 rings (SSSR count). The molecule has 2 unspecified atom stereocenters. The first-order valence-electron chi connectivity index (χ1n) is 7.62. The minimum atomic E-state index is -0.0918. The molecule has 2 aliphatic heterocycles. The molecule has 2 atom stereocenters. The number of hydrogen-bond donors (Lipinski definition) is 2. The van der Waals surface area contributed by atoms with Crippen LogP contribution in [0.1, 0.15) is 31.2 Å². The van der Waals surface area contributed by atoms with Crippen molar-refractivity contribution in [2.45, 2.75) is 50.4 Å². The second-order valence-electron chi connectivity index (χ2n) is 5.95. The highest BCUT2D eigenvalue weighted by Crippen LogP contribution is 2.35. The lowest BCUT2D eigenvalue weighted by molar-refractivity contribution is 0.0288. The lowest BCUT2D eigenvalue weighted by Crippen LogP contribution is -2.46. The number of nitrogens with zero attached hydrogens (tertiary/aromatic N) is 1. The van der Waals surface area contributed by atoms with E-state index in [0.717, 1.165) is 30.7 Å². The van der Waals surface area contributed by atoms with Crippen LogP contribution >= 0.6 is 0 Å². The topological polar surface area (TPSA) is 58.7 Å². The maximum Gasteiger partial charge on any atom is 0.119 e. The van der Waals surface area contributed by atoms with E-state index in [2.05, 4.69) is 4.90 Å². The minimum Gasteiger partial charge on any atom is -0.492 e. The molecule has 4 nitrogen and oxygen atoms in total. The van der Waals surface area contributed by atoms with Gasteiger partial charge in [0.1, 0.15) is 12.4 Å². The van der Waals surface area contributed by atoms with E-state index >= 15 is 0 Å². The molecule has 0 aliphatic carbocycles. The minimum absolute atomic E-state index is 0.0918. The average Bonchev–Trinajstić information content (AvgIpc) is 2.70. The molecule has 2 aliphatic rings. The Morgan fingerprint density at radius 1 is 1.25 bits per heavy atom. The molecule has 2 saturated heterocycles. The lowest BCUT2D eigenvalue weighted by Gasteiger charge is -2.36. The first-order valence-corrected chi connectivity index (χ1v) is 7.62. The van der Waals surface area contributed by atoms with Crippen LogP contribution in [0.5, 0.6) is 5.75 Å². The van der Waals surface area contributed by atoms with Gasteiger partial charge in [0.15, 0.2) is 0 Å². The summed E-state index contributed by atoms with van der Waals surface area (Å²) in [7, 11) is 0. The van der Waals surface area contributed by atoms with Crippen molar-refractivity contribution in [3.8, 4) is 5.75 Å². The first kappa shape index (κ1) is 13.9. The fraction of sp³-hybridized carbons (Fsp3) is 0.625. The van der Waals surface area contributed by atoms with Crippen LogP contribution in [0.15, 0.2) is 24.3 Å². The summed E-state index contributed by atoms with van der Waals surface area (Å²) < 4.78 is 5.84. The predicted octanol–water partition coefficient (Wildman–Crippen LogP) is 1.51. The van der Waals surface area contributed by atoms with Crippen LogP contribution in [0, 0.1) is 0 Å². The third-order valence-electron chi connectivity index (χ3n) is 4.61. The van der Waals surface area contributed by atoms with Crippen LogP contribution in [-0.4, -0.2) is 41.3 Å². The van der Waals surface area contributed by atoms with Gasteiger partial charge in [-0.2, -0.15) is 0 Å². The van der Waals surface area contributed by atoms with Gasteiger partial charge in [-0.1, -0.05) is 12.1 Å². The van der Waals surface area contributed by atoms with Crippen LogP contribution < -0.4 is 10.5 Å². The van der Waals surface area contributed by atoms with Crippen LogP contribution in [0.4, 0.5) is 0 Å². The number of hydrogen-bond acceptors (Lipinski definition) is 4. The molecule has 2 heterocycles. The second kappa shape index (κ2) is 6.12. The molecular formula is C16H24N2O2. The Kier molecular flexibility index (Phi) is 4.24. The van der Waals surface area contributed by atoms with E-state index in [1.807, 2.05) is 24.3 Å². The molecular weight excluding hydrogens is 252 g/mol. The Balaban J connectivity index is 1.50. The number of nitrogens with two attached hydrogens (primary N) is 1. The summed E-state index contributed by atoms with van der Waals surface area (Å²) in [5.74, 6) is 0.900. The van der Waals surface area contributed by atoms with Gasteiger partial charge in [0.2, 0.25) is 0 Å². The highest BCUT2D eigenvalue weighted by molar-refractivity contribution is 5.28. The number of benzene rings is 1. The fourth-order valence-electron chi connectivity index (χ4n) is 3.64. The lowest BCUT2D eigenvalue weighted by atomic mass is 10.0. The largest absolute Gasteiger partial charge is 0.492 e. The maximum absolute atomic E-state index is 9.80. The van der Waals surface area contributed by atoms with E-state index in [1.54, 1.807) is 0 Å². The van der Waals surface area contributed by atoms with Crippen molar-refractivity contribution in [3.05, 3.63) is 29.8 Å². The van der Waals surface area contributed by atoms with Crippen molar-refractivity contribution in [1.82, 2.24) is 4.90 Å². The van der Waals surface area contributed by atoms with Gasteiger partial charge in [0.05, 0.1) is 6.10 Å². The van der Waals surface area contributed by atoms with Crippen molar-refractivity contribution in [2.24, 2.45) is 5.73 Å². The fourth-order valence-corrected chi connectivity index (χ4v) is 3.64. The smallest absolute Gasteiger partial charge is 0.119 e. The van der Waals surface area contributed by atoms with E-state index in [9.17, 15) is 5.11 Å². The zero-order chi connectivity index (χ0) is 13.9. The standard InChI is InChI=1S/C16H24N2O2/c17-11-12-2-1-3-16(8-12)20-7-6-18-13-4-5-14(18)10-15(19)9-13/h1-3,8,13-15,19H,4-7,9-11,17H2. The van der Waals surface area contributed by atoms with E-state index in [1.165, 1.54) is 12.8 Å². The Labute approximate surface area is 120 Å². The quantitative estimate of drug-likeness (QED) is 0.856. The van der Waals surface area contributed by atoms with Gasteiger partial charge in [-0.3, -0.25) is 4.90 Å². The first-order chi connectivity index (χ1) is 9.76. The van der Waals surface area contributed by atoms with Gasteiger partial charge >= 0.3 is 0 Å². The van der Waals surface area contributed by atoms with Gasteiger partial charge < -0.3 is 15.6 Å². The normalized spacial score (nSPS) is 29.6. The number of rotatable bonds is 5. The SMILES string of the molecule is NCc1cccc(OCCN2C3CCC2CC(O)C3)c1. The van der Waals surface area contributed by atoms with Crippen molar-refractivity contribution in [3.63, 3.8) is 0 Å². The van der Waals surface area contributed by atoms with Crippen LogP contribution in [0.3, 0.4) is 0 Å². The highest BCUT2D eigenvalue weighted by atomic mass is 16.5. The summed E-state index contributed by atoms with van der Waals surface area (Å²) in [4.78, 5) is 2.53. The number of ether oxygens (including phenoxy) is 1. The third kappa shape index (κ3) is 2.97. The van der Waals surface area contributed by atoms with Crippen molar-refractivity contribution in [1.29, 1.82) is 0 Å². The van der Waals surface area contributed by atoms with E-state index in [-0.39, 0.29) is 6.10 Å². The molecule has 2 fully saturated rings. The predicted molar refractivity (Wildman–Crippen MR) is 78.6 cm³/mol. The van der Waals surface area contributed by atoms with Crippen molar-refractivity contribution in [2.75, 3.05) is 13.2 Å². The molecule has 20 heavy (non-hydrogen) atoms. The Morgan fingerprint density at radius 3 is 2.70 bits per heavy atom. The number of aliphatic hydroxyl groups is 1. The van der Waals surface area contributed by atoms with E-state index in [4.69, 9.17) is 10.5 Å². The van der Waals surface area contributed by atoms with Gasteiger partial charge in [0, 0.05) is 25.2 Å². The van der Waals surface area contributed by atoms with Crippen LogP contribution in [0.2, 0.25) is 0 Å². The van der Waals surface area contributed by atoms with Crippen LogP contribution in [0.25, 0.3) is 0 Å². The van der Waals surface area contributed by atoms with Crippen LogP contribution in [-0.2, 0) is 6.54 Å². The molecule has 1 aromatic carbocycles. The molecule has 0 aromatic heterocycles. The zero-order valence-corrected chi connectivity index (χ0v) is 11.9. The van der Waals surface area contributed by atoms with E-state index in [0.29, 0.717) is 25.2 Å². The molecule has 2 bridgehead atoms. The summed E-state index contributed by atoms with van der Waals surface area (Å²) in [5.41, 5.74) is 6.74. The van der Waals surface area contributed by atoms with E-state index < -0.39 is 0 Å². The molecule has 110 valence electrons. The van der Waals surface area contributed by atoms with Crippen molar-refractivity contribution >= 4 is 0 Å². The molecule has 0 spiro atoms. The zero-order valence-electron chi connectivity index (χ0n) is 11.9. The molecule has 0 saturated carbocycles. The highest BCUT2D eigenvalue weighted by Gasteiger charge is 2.39. The summed E-state index contributed by atoms with van der Waals surface area (Å²) >= 11 is 0. The van der Waals surface area contributed by atoms with Gasteiger partial charge in [0.25, 0.3) is 0 Å². The Hall–Kier alpha value is -1.10. The Morgan fingerprint density at radius 2 is 2.00 bits per heavy atom. The maximum atomic E-state index is 9.80. The molecule has 3 N–H and O–H groups in total. The summed E-state index contributed by atoms with van der Waals surface area (Å²) in [6.45, 7) is 2.21. The molecule has 1 aromatic rings. The molecule has 0 amide bonds. The number of fused-ring (bicyclic) bond motifs is 2. The second-order valence-corrected chi connectivity index (χ2v) is 5.95. The summed E-state index contributed by atoms with van der Waals surface area (Å²) in [6.07, 6.45) is 4.22. The number of piperidine rings is 1. The van der Waals surface area contributed by atoms with Crippen molar-refractivity contribution < 1.29 is 9.84 Å². The Bertz CT molecular complexity index is 438. The number of aliphatic hydroxyl groups excluding tert-OH is 1.